The zero-order valence-corrected chi connectivity index (χ0v) is 10.6. The minimum Gasteiger partial charge on any atom is -0.349 e. The maximum absolute atomic E-state index is 13.1. The van der Waals surface area contributed by atoms with Gasteiger partial charge in [0.1, 0.15) is 11.4 Å². The Kier molecular flexibility index (Phi) is 3.78. The molecule has 1 aliphatic carbocycles. The molecule has 0 heterocycles. The van der Waals surface area contributed by atoms with Gasteiger partial charge in [-0.2, -0.15) is 0 Å². The summed E-state index contributed by atoms with van der Waals surface area (Å²) in [6, 6.07) is 2.84. The van der Waals surface area contributed by atoms with E-state index in [1.165, 1.54) is 0 Å². The van der Waals surface area contributed by atoms with Gasteiger partial charge < -0.3 is 5.32 Å². The summed E-state index contributed by atoms with van der Waals surface area (Å²) in [6.45, 7) is 1.87. The number of halogens is 1. The van der Waals surface area contributed by atoms with Crippen LogP contribution in [-0.4, -0.2) is 16.9 Å². The molecule has 0 aromatic heterocycles. The highest BCUT2D eigenvalue weighted by Crippen LogP contribution is 2.29. The van der Waals surface area contributed by atoms with E-state index >= 15 is 0 Å². The van der Waals surface area contributed by atoms with Crippen LogP contribution in [0, 0.1) is 21.8 Å². The monoisotopic (exact) mass is 266 g/mol. The minimum absolute atomic E-state index is 0.0517. The van der Waals surface area contributed by atoms with Gasteiger partial charge in [0, 0.05) is 12.1 Å². The lowest BCUT2D eigenvalue weighted by Gasteiger charge is -2.31. The van der Waals surface area contributed by atoms with Gasteiger partial charge in [-0.05, 0) is 37.8 Å². The number of nitro benzene ring substituents is 1. The van der Waals surface area contributed by atoms with Crippen LogP contribution in [0.3, 0.4) is 0 Å². The molecule has 0 aliphatic heterocycles. The smallest absolute Gasteiger partial charge is 0.282 e. The quantitative estimate of drug-likeness (QED) is 0.672. The van der Waals surface area contributed by atoms with E-state index in [-0.39, 0.29) is 17.3 Å². The Bertz CT molecular complexity index is 515. The fourth-order valence-electron chi connectivity index (χ4n) is 2.19. The molecule has 1 aliphatic rings. The van der Waals surface area contributed by atoms with Crippen molar-refractivity contribution in [1.29, 1.82) is 0 Å². The van der Waals surface area contributed by atoms with Crippen molar-refractivity contribution in [3.63, 3.8) is 0 Å². The van der Waals surface area contributed by atoms with Crippen molar-refractivity contribution in [2.24, 2.45) is 5.92 Å². The Morgan fingerprint density at radius 3 is 2.74 bits per heavy atom. The van der Waals surface area contributed by atoms with E-state index < -0.39 is 16.6 Å². The number of amides is 1. The van der Waals surface area contributed by atoms with Crippen molar-refractivity contribution in [2.45, 2.75) is 32.2 Å². The summed E-state index contributed by atoms with van der Waals surface area (Å²) in [7, 11) is 0. The molecule has 2 rings (SSSR count). The molecule has 0 bridgehead atoms. The van der Waals surface area contributed by atoms with Gasteiger partial charge in [-0.15, -0.1) is 0 Å². The van der Waals surface area contributed by atoms with Crippen LogP contribution in [0.1, 0.15) is 36.5 Å². The maximum atomic E-state index is 13.1. The minimum atomic E-state index is -0.678. The van der Waals surface area contributed by atoms with E-state index in [1.807, 2.05) is 6.92 Å². The largest absolute Gasteiger partial charge is 0.349 e. The number of hydrogen-bond acceptors (Lipinski definition) is 3. The van der Waals surface area contributed by atoms with Gasteiger partial charge in [-0.3, -0.25) is 14.9 Å². The van der Waals surface area contributed by atoms with Crippen molar-refractivity contribution in [1.82, 2.24) is 5.32 Å². The first kappa shape index (κ1) is 13.5. The SMILES string of the molecule is CC(NC(=O)c1cc(F)ccc1[N+](=O)[O-])C1CCC1. The van der Waals surface area contributed by atoms with E-state index in [0.717, 1.165) is 37.5 Å². The zero-order valence-electron chi connectivity index (χ0n) is 10.6. The lowest BCUT2D eigenvalue weighted by Crippen LogP contribution is -2.40. The van der Waals surface area contributed by atoms with Crippen LogP contribution >= 0.6 is 0 Å². The van der Waals surface area contributed by atoms with Crippen LogP contribution in [0.25, 0.3) is 0 Å². The van der Waals surface area contributed by atoms with Crippen molar-refractivity contribution in [2.75, 3.05) is 0 Å². The molecule has 6 heteroatoms. The summed E-state index contributed by atoms with van der Waals surface area (Å²) >= 11 is 0. The third kappa shape index (κ3) is 2.89. The first-order valence-corrected chi connectivity index (χ1v) is 6.24. The molecule has 1 fully saturated rings. The van der Waals surface area contributed by atoms with Gasteiger partial charge in [-0.25, -0.2) is 4.39 Å². The Labute approximate surface area is 110 Å². The average molecular weight is 266 g/mol. The summed E-state index contributed by atoms with van der Waals surface area (Å²) in [6.07, 6.45) is 3.24. The van der Waals surface area contributed by atoms with Gasteiger partial charge in [0.15, 0.2) is 0 Å². The number of nitrogens with zero attached hydrogens (tertiary/aromatic N) is 1. The van der Waals surface area contributed by atoms with E-state index in [1.54, 1.807) is 0 Å². The van der Waals surface area contributed by atoms with E-state index in [4.69, 9.17) is 0 Å². The molecular weight excluding hydrogens is 251 g/mol. The van der Waals surface area contributed by atoms with Crippen LogP contribution in [0.4, 0.5) is 10.1 Å². The number of rotatable bonds is 4. The van der Waals surface area contributed by atoms with E-state index in [9.17, 15) is 19.3 Å². The topological polar surface area (TPSA) is 72.2 Å². The molecule has 5 nitrogen and oxygen atoms in total. The average Bonchev–Trinajstić information content (AvgIpc) is 2.25. The predicted molar refractivity (Wildman–Crippen MR) is 67.3 cm³/mol. The second kappa shape index (κ2) is 5.34. The van der Waals surface area contributed by atoms with Crippen LogP contribution < -0.4 is 5.32 Å². The molecule has 0 spiro atoms. The lowest BCUT2D eigenvalue weighted by molar-refractivity contribution is -0.385. The zero-order chi connectivity index (χ0) is 14.0. The molecule has 19 heavy (non-hydrogen) atoms. The first-order chi connectivity index (χ1) is 8.99. The van der Waals surface area contributed by atoms with Crippen LogP contribution in [0.5, 0.6) is 0 Å². The van der Waals surface area contributed by atoms with Crippen LogP contribution in [0.15, 0.2) is 18.2 Å². The molecule has 1 amide bonds. The summed E-state index contributed by atoms with van der Waals surface area (Å²) < 4.78 is 13.1. The Balaban J connectivity index is 2.17. The molecule has 1 N–H and O–H groups in total. The molecule has 1 saturated carbocycles. The molecule has 0 radical (unpaired) electrons. The molecule has 102 valence electrons. The fourth-order valence-corrected chi connectivity index (χ4v) is 2.19. The standard InChI is InChI=1S/C13H15FN2O3/c1-8(9-3-2-4-9)15-13(17)11-7-10(14)5-6-12(11)16(18)19/h5-9H,2-4H2,1H3,(H,15,17). The van der Waals surface area contributed by atoms with Crippen LogP contribution in [0.2, 0.25) is 0 Å². The highest BCUT2D eigenvalue weighted by molar-refractivity contribution is 5.98. The second-order valence-electron chi connectivity index (χ2n) is 4.87. The normalized spacial score (nSPS) is 16.5. The maximum Gasteiger partial charge on any atom is 0.282 e. The van der Waals surface area contributed by atoms with Gasteiger partial charge >= 0.3 is 0 Å². The van der Waals surface area contributed by atoms with Gasteiger partial charge in [0.25, 0.3) is 11.6 Å². The van der Waals surface area contributed by atoms with Crippen molar-refractivity contribution in [3.05, 3.63) is 39.7 Å². The fraction of sp³-hybridized carbons (Fsp3) is 0.462. The number of carbonyl (C=O) groups is 1. The van der Waals surface area contributed by atoms with Crippen molar-refractivity contribution >= 4 is 11.6 Å². The molecule has 1 aromatic rings. The summed E-state index contributed by atoms with van der Waals surface area (Å²) in [4.78, 5) is 22.1. The second-order valence-corrected chi connectivity index (χ2v) is 4.87. The molecule has 1 atom stereocenters. The molecule has 1 aromatic carbocycles. The van der Waals surface area contributed by atoms with Crippen molar-refractivity contribution in [3.8, 4) is 0 Å². The van der Waals surface area contributed by atoms with Gasteiger partial charge in [0.2, 0.25) is 0 Å². The van der Waals surface area contributed by atoms with Crippen LogP contribution in [-0.2, 0) is 0 Å². The highest BCUT2D eigenvalue weighted by atomic mass is 19.1. The summed E-state index contributed by atoms with van der Waals surface area (Å²) in [5.41, 5.74) is -0.601. The molecular formula is C13H15FN2O3. The first-order valence-electron chi connectivity index (χ1n) is 6.24. The number of carbonyl (C=O) groups excluding carboxylic acids is 1. The Hall–Kier alpha value is -1.98. The van der Waals surface area contributed by atoms with E-state index in [0.29, 0.717) is 5.92 Å². The summed E-state index contributed by atoms with van der Waals surface area (Å²) in [5, 5.41) is 13.5. The van der Waals surface area contributed by atoms with Gasteiger partial charge in [0.05, 0.1) is 4.92 Å². The number of benzene rings is 1. The van der Waals surface area contributed by atoms with E-state index in [2.05, 4.69) is 5.32 Å². The third-order valence-corrected chi connectivity index (χ3v) is 3.62. The Morgan fingerprint density at radius 1 is 1.53 bits per heavy atom. The third-order valence-electron chi connectivity index (χ3n) is 3.62. The molecule has 1 unspecified atom stereocenters. The highest BCUT2D eigenvalue weighted by Gasteiger charge is 2.27. The van der Waals surface area contributed by atoms with Crippen molar-refractivity contribution < 1.29 is 14.1 Å². The molecule has 0 saturated heterocycles. The summed E-state index contributed by atoms with van der Waals surface area (Å²) in [5.74, 6) is -0.839. The van der Waals surface area contributed by atoms with Gasteiger partial charge in [-0.1, -0.05) is 6.42 Å². The number of hydrogen-bond donors (Lipinski definition) is 1. The number of nitro groups is 1. The predicted octanol–water partition coefficient (Wildman–Crippen LogP) is 2.65. The lowest BCUT2D eigenvalue weighted by atomic mass is 9.80. The number of nitrogens with one attached hydrogen (secondary N) is 1. The Morgan fingerprint density at radius 2 is 2.21 bits per heavy atom.